The Labute approximate surface area is 109 Å². The molecule has 1 heterocycles. The highest BCUT2D eigenvalue weighted by Crippen LogP contribution is 2.42. The largest absolute Gasteiger partial charge is 0.497 e. The molecule has 1 aromatic rings. The molecule has 2 atom stereocenters. The number of hydrogen-bond acceptors (Lipinski definition) is 4. The van der Waals surface area contributed by atoms with Gasteiger partial charge in [0, 0.05) is 5.92 Å². The molecule has 0 saturated carbocycles. The van der Waals surface area contributed by atoms with E-state index in [1.54, 1.807) is 7.11 Å². The fraction of sp³-hybridized carbons (Fsp3) is 0.385. The zero-order chi connectivity index (χ0) is 12.7. The predicted octanol–water partition coefficient (Wildman–Crippen LogP) is 2.08. The Hall–Kier alpha value is -1.49. The number of rotatable bonds is 2. The normalized spacial score (nSPS) is 26.1. The predicted molar refractivity (Wildman–Crippen MR) is 69.0 cm³/mol. The summed E-state index contributed by atoms with van der Waals surface area (Å²) in [6.07, 6.45) is 1.86. The molecule has 1 unspecified atom stereocenters. The molecule has 1 saturated heterocycles. The summed E-state index contributed by atoms with van der Waals surface area (Å²) in [5.74, 6) is 0.829. The molecular formula is C13H13NO3S. The molecule has 1 aliphatic carbocycles. The number of hydrogen-bond donors (Lipinski definition) is 1. The molecule has 1 aliphatic heterocycles. The number of carbonyl (C=O) groups is 2. The Morgan fingerprint density at radius 1 is 1.39 bits per heavy atom. The van der Waals surface area contributed by atoms with Crippen LogP contribution in [0.5, 0.6) is 5.75 Å². The summed E-state index contributed by atoms with van der Waals surface area (Å²) in [6, 6.07) is 5.95. The molecule has 0 radical (unpaired) electrons. The van der Waals surface area contributed by atoms with Crippen LogP contribution in [-0.2, 0) is 11.2 Å². The molecular weight excluding hydrogens is 250 g/mol. The number of carbonyl (C=O) groups excluding carboxylic acids is 2. The number of benzene rings is 1. The van der Waals surface area contributed by atoms with E-state index in [-0.39, 0.29) is 22.3 Å². The number of amides is 2. The Balaban J connectivity index is 1.91. The summed E-state index contributed by atoms with van der Waals surface area (Å²) < 4.78 is 5.20. The maximum absolute atomic E-state index is 11.7. The van der Waals surface area contributed by atoms with Gasteiger partial charge in [-0.05, 0) is 36.1 Å². The molecule has 0 aromatic heterocycles. The van der Waals surface area contributed by atoms with Crippen molar-refractivity contribution in [2.45, 2.75) is 24.0 Å². The summed E-state index contributed by atoms with van der Waals surface area (Å²) in [7, 11) is 1.65. The summed E-state index contributed by atoms with van der Waals surface area (Å²) in [5.41, 5.74) is 2.41. The van der Waals surface area contributed by atoms with Crippen LogP contribution in [0.15, 0.2) is 18.2 Å². The van der Waals surface area contributed by atoms with E-state index in [0.29, 0.717) is 0 Å². The van der Waals surface area contributed by atoms with Gasteiger partial charge >= 0.3 is 0 Å². The third-order valence-electron chi connectivity index (χ3n) is 3.56. The van der Waals surface area contributed by atoms with Crippen molar-refractivity contribution in [2.24, 2.45) is 0 Å². The lowest BCUT2D eigenvalue weighted by atomic mass is 9.97. The molecule has 1 fully saturated rings. The molecule has 0 bridgehead atoms. The summed E-state index contributed by atoms with van der Waals surface area (Å²) in [4.78, 5) is 23.0. The number of methoxy groups -OCH3 is 1. The maximum Gasteiger partial charge on any atom is 0.286 e. The van der Waals surface area contributed by atoms with E-state index in [2.05, 4.69) is 5.32 Å². The van der Waals surface area contributed by atoms with Crippen molar-refractivity contribution >= 4 is 22.9 Å². The Morgan fingerprint density at radius 2 is 2.22 bits per heavy atom. The summed E-state index contributed by atoms with van der Waals surface area (Å²) in [6.45, 7) is 0. The van der Waals surface area contributed by atoms with Crippen molar-refractivity contribution in [1.82, 2.24) is 5.32 Å². The van der Waals surface area contributed by atoms with E-state index < -0.39 is 0 Å². The Kier molecular flexibility index (Phi) is 2.78. The van der Waals surface area contributed by atoms with Crippen LogP contribution in [0, 0.1) is 0 Å². The monoisotopic (exact) mass is 263 g/mol. The molecule has 1 N–H and O–H groups in total. The minimum absolute atomic E-state index is 0.141. The van der Waals surface area contributed by atoms with Crippen molar-refractivity contribution in [3.05, 3.63) is 29.3 Å². The third kappa shape index (κ3) is 1.79. The fourth-order valence-corrected chi connectivity index (χ4v) is 3.71. The number of imide groups is 1. The average Bonchev–Trinajstić information content (AvgIpc) is 2.91. The van der Waals surface area contributed by atoms with Gasteiger partial charge in [0.25, 0.3) is 5.24 Å². The van der Waals surface area contributed by atoms with Crippen molar-refractivity contribution in [2.75, 3.05) is 7.11 Å². The smallest absolute Gasteiger partial charge is 0.286 e. The van der Waals surface area contributed by atoms with Gasteiger partial charge in [-0.1, -0.05) is 17.8 Å². The van der Waals surface area contributed by atoms with E-state index in [9.17, 15) is 9.59 Å². The van der Waals surface area contributed by atoms with Gasteiger partial charge in [-0.2, -0.15) is 0 Å². The van der Waals surface area contributed by atoms with Gasteiger partial charge in [0.05, 0.1) is 7.11 Å². The van der Waals surface area contributed by atoms with Crippen LogP contribution in [0.2, 0.25) is 0 Å². The topological polar surface area (TPSA) is 55.4 Å². The first-order chi connectivity index (χ1) is 8.69. The van der Waals surface area contributed by atoms with Crippen LogP contribution in [-0.4, -0.2) is 23.5 Å². The molecule has 5 heteroatoms. The average molecular weight is 263 g/mol. The lowest BCUT2D eigenvalue weighted by Gasteiger charge is -2.15. The number of fused-ring (bicyclic) bond motifs is 1. The van der Waals surface area contributed by atoms with Gasteiger partial charge in [0.15, 0.2) is 0 Å². The van der Waals surface area contributed by atoms with Gasteiger partial charge in [-0.15, -0.1) is 0 Å². The van der Waals surface area contributed by atoms with Gasteiger partial charge in [0.1, 0.15) is 11.0 Å². The fourth-order valence-electron chi connectivity index (χ4n) is 2.70. The first-order valence-electron chi connectivity index (χ1n) is 5.87. The number of ether oxygens (including phenoxy) is 1. The summed E-state index contributed by atoms with van der Waals surface area (Å²) in [5, 5.41) is 1.86. The van der Waals surface area contributed by atoms with Crippen molar-refractivity contribution in [3.63, 3.8) is 0 Å². The molecule has 18 heavy (non-hydrogen) atoms. The lowest BCUT2D eigenvalue weighted by Crippen LogP contribution is -2.27. The van der Waals surface area contributed by atoms with Crippen molar-refractivity contribution in [1.29, 1.82) is 0 Å². The van der Waals surface area contributed by atoms with Crippen LogP contribution in [0.25, 0.3) is 0 Å². The van der Waals surface area contributed by atoms with E-state index in [1.807, 2.05) is 18.2 Å². The zero-order valence-electron chi connectivity index (χ0n) is 9.93. The minimum atomic E-state index is -0.271. The number of thioether (sulfide) groups is 1. The Bertz CT molecular complexity index is 529. The lowest BCUT2D eigenvalue weighted by molar-refractivity contribution is -0.119. The molecule has 2 aliphatic rings. The van der Waals surface area contributed by atoms with E-state index in [4.69, 9.17) is 4.74 Å². The van der Waals surface area contributed by atoms with E-state index >= 15 is 0 Å². The first kappa shape index (κ1) is 11.6. The number of aryl methyl sites for hydroxylation is 1. The van der Waals surface area contributed by atoms with Crippen LogP contribution in [0.3, 0.4) is 0 Å². The number of nitrogens with one attached hydrogen (secondary N) is 1. The highest BCUT2D eigenvalue weighted by atomic mass is 32.2. The third-order valence-corrected chi connectivity index (χ3v) is 4.67. The second kappa shape index (κ2) is 4.31. The van der Waals surface area contributed by atoms with Gasteiger partial charge in [-0.3, -0.25) is 14.9 Å². The zero-order valence-corrected chi connectivity index (χ0v) is 10.8. The molecule has 2 amide bonds. The highest BCUT2D eigenvalue weighted by molar-refractivity contribution is 8.15. The van der Waals surface area contributed by atoms with Gasteiger partial charge in [0.2, 0.25) is 5.91 Å². The van der Waals surface area contributed by atoms with Crippen molar-refractivity contribution < 1.29 is 14.3 Å². The van der Waals surface area contributed by atoms with E-state index in [1.165, 1.54) is 11.1 Å². The standard InChI is InChI=1S/C13H13NO3S/c1-17-8-3-5-9-7(6-8)2-4-10(9)11-12(15)14-13(16)18-11/h3,5-6,10-11H,2,4H2,1H3,(H,14,15,16)/t10-,11?/m1/s1. The molecule has 94 valence electrons. The van der Waals surface area contributed by atoms with Crippen LogP contribution in [0.1, 0.15) is 23.5 Å². The molecule has 1 aromatic carbocycles. The quantitative estimate of drug-likeness (QED) is 0.887. The minimum Gasteiger partial charge on any atom is -0.497 e. The van der Waals surface area contributed by atoms with Crippen LogP contribution >= 0.6 is 11.8 Å². The highest BCUT2D eigenvalue weighted by Gasteiger charge is 2.41. The molecule has 0 spiro atoms. The summed E-state index contributed by atoms with van der Waals surface area (Å²) >= 11 is 1.11. The van der Waals surface area contributed by atoms with Crippen LogP contribution < -0.4 is 10.1 Å². The SMILES string of the molecule is COc1ccc2c(c1)CC[C@H]2C1SC(=O)NC1=O. The van der Waals surface area contributed by atoms with Gasteiger partial charge < -0.3 is 4.74 Å². The van der Waals surface area contributed by atoms with Gasteiger partial charge in [-0.25, -0.2) is 0 Å². The molecule has 3 rings (SSSR count). The first-order valence-corrected chi connectivity index (χ1v) is 6.75. The second-order valence-corrected chi connectivity index (χ2v) is 5.64. The van der Waals surface area contributed by atoms with Crippen LogP contribution in [0.4, 0.5) is 4.79 Å². The van der Waals surface area contributed by atoms with Crippen molar-refractivity contribution in [3.8, 4) is 5.75 Å². The maximum atomic E-state index is 11.7. The Morgan fingerprint density at radius 3 is 2.89 bits per heavy atom. The van der Waals surface area contributed by atoms with E-state index in [0.717, 1.165) is 30.4 Å². The second-order valence-electron chi connectivity index (χ2n) is 4.53. The molecule has 4 nitrogen and oxygen atoms in total.